The fraction of sp³-hybridized carbons (Fsp3) is 0.0943. The molecular formula is C53H42N3OPt-. The number of hydrogen-bond donors (Lipinski definition) is 1. The molecule has 0 saturated heterocycles. The largest absolute Gasteiger partial charge is 0.507 e. The van der Waals surface area contributed by atoms with E-state index >= 15 is 0 Å². The van der Waals surface area contributed by atoms with Crippen molar-refractivity contribution in [3.63, 3.8) is 0 Å². The predicted octanol–water partition coefficient (Wildman–Crippen LogP) is 13.5. The smallest absolute Gasteiger partial charge is 0.148 e. The summed E-state index contributed by atoms with van der Waals surface area (Å²) in [6, 6.07) is 62.4. The minimum Gasteiger partial charge on any atom is -0.507 e. The van der Waals surface area contributed by atoms with Gasteiger partial charge in [-0.25, -0.2) is 4.98 Å². The van der Waals surface area contributed by atoms with Gasteiger partial charge in [-0.05, 0) is 82.1 Å². The molecule has 0 spiro atoms. The number of phenols is 1. The van der Waals surface area contributed by atoms with Crippen molar-refractivity contribution in [2.24, 2.45) is 0 Å². The molecule has 7 aromatic carbocycles. The van der Waals surface area contributed by atoms with Crippen LogP contribution in [0.2, 0.25) is 0 Å². The van der Waals surface area contributed by atoms with Crippen LogP contribution in [0.5, 0.6) is 5.75 Å². The Hall–Kier alpha value is -6.35. The predicted molar refractivity (Wildman–Crippen MR) is 235 cm³/mol. The van der Waals surface area contributed by atoms with Crippen LogP contribution in [-0.2, 0) is 26.5 Å². The molecule has 0 aliphatic heterocycles. The number of aromatic hydroxyl groups is 1. The Balaban J connectivity index is 0.00000469. The quantitative estimate of drug-likeness (QED) is 0.162. The van der Waals surface area contributed by atoms with Crippen LogP contribution in [0.4, 0.5) is 0 Å². The number of pyridine rings is 1. The number of aryl methyl sites for hydroxylation is 1. The molecule has 286 valence electrons. The third-order valence-electron chi connectivity index (χ3n) is 10.7. The number of hydrogen-bond acceptors (Lipinski definition) is 3. The minimum absolute atomic E-state index is 0. The first-order valence-electron chi connectivity index (χ1n) is 19.4. The van der Waals surface area contributed by atoms with Crippen LogP contribution in [0, 0.1) is 13.0 Å². The van der Waals surface area contributed by atoms with Gasteiger partial charge in [-0.3, -0.25) is 9.55 Å². The van der Waals surface area contributed by atoms with Gasteiger partial charge in [0.1, 0.15) is 11.6 Å². The van der Waals surface area contributed by atoms with Crippen molar-refractivity contribution in [2.45, 2.75) is 33.1 Å². The van der Waals surface area contributed by atoms with Crippen LogP contribution >= 0.6 is 0 Å². The van der Waals surface area contributed by atoms with Crippen molar-refractivity contribution in [3.05, 3.63) is 193 Å². The molecule has 2 aromatic heterocycles. The van der Waals surface area contributed by atoms with Crippen molar-refractivity contribution in [1.29, 1.82) is 0 Å². The van der Waals surface area contributed by atoms with E-state index in [0.717, 1.165) is 61.4 Å². The molecule has 4 nitrogen and oxygen atoms in total. The van der Waals surface area contributed by atoms with Crippen molar-refractivity contribution in [1.82, 2.24) is 14.5 Å². The molecule has 0 radical (unpaired) electrons. The molecule has 9 rings (SSSR count). The molecule has 9 aromatic rings. The molecule has 0 aliphatic rings. The van der Waals surface area contributed by atoms with Crippen LogP contribution in [0.25, 0.3) is 83.9 Å². The number of aromatic nitrogens is 3. The third kappa shape index (κ3) is 7.44. The van der Waals surface area contributed by atoms with Crippen LogP contribution in [0.1, 0.15) is 31.9 Å². The fourth-order valence-electron chi connectivity index (χ4n) is 7.74. The molecule has 0 fully saturated rings. The summed E-state index contributed by atoms with van der Waals surface area (Å²) in [4.78, 5) is 10.3. The summed E-state index contributed by atoms with van der Waals surface area (Å²) in [7, 11) is 0. The van der Waals surface area contributed by atoms with Gasteiger partial charge < -0.3 is 5.11 Å². The maximum absolute atomic E-state index is 11.3. The first-order valence-corrected chi connectivity index (χ1v) is 19.4. The Kier molecular flexibility index (Phi) is 10.6. The van der Waals surface area contributed by atoms with Crippen LogP contribution in [-0.4, -0.2) is 19.6 Å². The molecule has 0 aliphatic carbocycles. The normalized spacial score (nSPS) is 11.4. The van der Waals surface area contributed by atoms with E-state index in [2.05, 4.69) is 178 Å². The zero-order valence-corrected chi connectivity index (χ0v) is 35.1. The first-order chi connectivity index (χ1) is 27.7. The topological polar surface area (TPSA) is 50.9 Å². The van der Waals surface area contributed by atoms with E-state index in [1.54, 1.807) is 6.07 Å². The number of benzene rings is 7. The number of phenolic OH excluding ortho intramolecular Hbond substituents is 1. The molecule has 1 N–H and O–H groups in total. The van der Waals surface area contributed by atoms with E-state index in [9.17, 15) is 5.11 Å². The second-order valence-electron chi connectivity index (χ2n) is 15.7. The SMILES string of the molecule is Cc1ccc(-c2ccnc(-c3[c-]c(-c4cccc5c4nc(-c4ccccc4O)n5-c4ccc(-c5ccccc5)c(C(C)(C)C)c4)cc(-c4ccccc4)c3)c2)cc1.[Pt]. The number of rotatable bonds is 7. The van der Waals surface area contributed by atoms with Gasteiger partial charge in [0.2, 0.25) is 0 Å². The maximum Gasteiger partial charge on any atom is 0.148 e. The molecular weight excluding hydrogens is 890 g/mol. The molecule has 0 bridgehead atoms. The van der Waals surface area contributed by atoms with E-state index < -0.39 is 0 Å². The summed E-state index contributed by atoms with van der Waals surface area (Å²) in [6.45, 7) is 8.87. The Morgan fingerprint density at radius 1 is 0.552 bits per heavy atom. The molecule has 0 atom stereocenters. The minimum atomic E-state index is -0.147. The van der Waals surface area contributed by atoms with Crippen LogP contribution in [0.3, 0.4) is 0 Å². The van der Waals surface area contributed by atoms with Gasteiger partial charge in [0.05, 0.1) is 16.6 Å². The summed E-state index contributed by atoms with van der Waals surface area (Å²) in [6.07, 6.45) is 1.88. The zero-order chi connectivity index (χ0) is 39.1. The van der Waals surface area contributed by atoms with Crippen molar-refractivity contribution < 1.29 is 26.2 Å². The molecule has 0 unspecified atom stereocenters. The molecule has 0 saturated carbocycles. The number of para-hydroxylation sites is 2. The average molecular weight is 932 g/mol. The van der Waals surface area contributed by atoms with E-state index in [1.165, 1.54) is 22.3 Å². The number of fused-ring (bicyclic) bond motifs is 1. The summed E-state index contributed by atoms with van der Waals surface area (Å²) in [5.74, 6) is 0.835. The summed E-state index contributed by atoms with van der Waals surface area (Å²) in [5, 5.41) is 11.3. The van der Waals surface area contributed by atoms with Crippen molar-refractivity contribution in [2.75, 3.05) is 0 Å². The van der Waals surface area contributed by atoms with Crippen LogP contribution < -0.4 is 0 Å². The second-order valence-corrected chi connectivity index (χ2v) is 15.7. The Morgan fingerprint density at radius 2 is 1.21 bits per heavy atom. The molecule has 0 amide bonds. The van der Waals surface area contributed by atoms with Gasteiger partial charge in [0, 0.05) is 38.6 Å². The van der Waals surface area contributed by atoms with E-state index in [4.69, 9.17) is 9.97 Å². The third-order valence-corrected chi connectivity index (χ3v) is 10.7. The summed E-state index contributed by atoms with van der Waals surface area (Å²) in [5.41, 5.74) is 16.0. The van der Waals surface area contributed by atoms with E-state index in [1.807, 2.05) is 30.5 Å². The number of imidazole rings is 1. The standard InChI is InChI=1S/C53H42N3O.Pt/c1-35-22-24-37(25-23-35)39-28-29-54-48(33-39)42-31-40(36-14-7-5-8-15-36)30-41(32-42)45-19-13-20-49-51(45)55-52(46-18-11-12-21-50(46)57)56(49)43-26-27-44(38-16-9-6-10-17-38)47(34-43)53(2,3)4;/h5-31,33-34,57H,1-4H3;/q-1;. The van der Waals surface area contributed by atoms with Gasteiger partial charge in [0.15, 0.2) is 0 Å². The second kappa shape index (κ2) is 15.9. The monoisotopic (exact) mass is 931 g/mol. The molecule has 5 heteroatoms. The van der Waals surface area contributed by atoms with Crippen LogP contribution in [0.15, 0.2) is 176 Å². The number of nitrogens with zero attached hydrogens (tertiary/aromatic N) is 3. The van der Waals surface area contributed by atoms with Gasteiger partial charge in [-0.1, -0.05) is 164 Å². The average Bonchev–Trinajstić information content (AvgIpc) is 3.64. The Morgan fingerprint density at radius 3 is 1.93 bits per heavy atom. The van der Waals surface area contributed by atoms with Gasteiger partial charge in [-0.15, -0.1) is 23.8 Å². The van der Waals surface area contributed by atoms with E-state index in [-0.39, 0.29) is 32.2 Å². The van der Waals surface area contributed by atoms with Crippen molar-refractivity contribution in [3.8, 4) is 78.6 Å². The van der Waals surface area contributed by atoms with Gasteiger partial charge in [0.25, 0.3) is 0 Å². The van der Waals surface area contributed by atoms with Gasteiger partial charge in [-0.2, -0.15) is 0 Å². The summed E-state index contributed by atoms with van der Waals surface area (Å²) < 4.78 is 2.19. The maximum atomic E-state index is 11.3. The van der Waals surface area contributed by atoms with E-state index in [0.29, 0.717) is 11.4 Å². The Labute approximate surface area is 354 Å². The Bertz CT molecular complexity index is 2890. The zero-order valence-electron chi connectivity index (χ0n) is 32.8. The fourth-order valence-corrected chi connectivity index (χ4v) is 7.74. The van der Waals surface area contributed by atoms with Crippen molar-refractivity contribution >= 4 is 11.0 Å². The molecule has 58 heavy (non-hydrogen) atoms. The summed E-state index contributed by atoms with van der Waals surface area (Å²) >= 11 is 0. The first kappa shape index (κ1) is 38.5. The molecule has 2 heterocycles. The van der Waals surface area contributed by atoms with Gasteiger partial charge >= 0.3 is 0 Å².